The van der Waals surface area contributed by atoms with Gasteiger partial charge in [-0.25, -0.2) is 0 Å². The summed E-state index contributed by atoms with van der Waals surface area (Å²) in [6.45, 7) is 8.35. The van der Waals surface area contributed by atoms with Gasteiger partial charge in [0.25, 0.3) is 0 Å². The lowest BCUT2D eigenvalue weighted by atomic mass is 10.1. The molecule has 0 radical (unpaired) electrons. The van der Waals surface area contributed by atoms with E-state index in [0.29, 0.717) is 19.3 Å². The minimum absolute atomic E-state index is 0.0957. The summed E-state index contributed by atoms with van der Waals surface area (Å²) in [6, 6.07) is 0. The van der Waals surface area contributed by atoms with Crippen molar-refractivity contribution < 1.29 is 30.0 Å². The van der Waals surface area contributed by atoms with Gasteiger partial charge in [0, 0.05) is 25.7 Å². The van der Waals surface area contributed by atoms with E-state index in [0.717, 1.165) is 38.5 Å². The number of carbonyl (C=O) groups excluding carboxylic acids is 2. The van der Waals surface area contributed by atoms with Crippen LogP contribution in [-0.2, 0) is 9.59 Å². The smallest absolute Gasteiger partial charge is 0.133 e. The van der Waals surface area contributed by atoms with Crippen molar-refractivity contribution in [2.24, 2.45) is 0 Å². The minimum atomic E-state index is -0.560. The lowest BCUT2D eigenvalue weighted by Gasteiger charge is -1.98. The Bertz CT molecular complexity index is 557. The lowest BCUT2D eigenvalue weighted by Crippen LogP contribution is -2.03. The molecule has 0 aromatic carbocycles. The summed E-state index contributed by atoms with van der Waals surface area (Å²) in [5.74, 6) is 6.27. The Labute approximate surface area is 195 Å². The van der Waals surface area contributed by atoms with Crippen LogP contribution in [0, 0.1) is 11.8 Å². The van der Waals surface area contributed by atoms with Crippen molar-refractivity contribution in [3.05, 3.63) is 23.8 Å². The van der Waals surface area contributed by atoms with Crippen LogP contribution in [0.4, 0.5) is 0 Å². The summed E-state index contributed by atoms with van der Waals surface area (Å²) < 4.78 is 0. The van der Waals surface area contributed by atoms with Crippen molar-refractivity contribution in [3.63, 3.8) is 0 Å². The maximum absolute atomic E-state index is 11.5. The van der Waals surface area contributed by atoms with Gasteiger partial charge in [0.15, 0.2) is 0 Å². The highest BCUT2D eigenvalue weighted by atomic mass is 16.3. The van der Waals surface area contributed by atoms with Gasteiger partial charge in [-0.05, 0) is 66.7 Å². The first-order valence-corrected chi connectivity index (χ1v) is 11.4. The van der Waals surface area contributed by atoms with E-state index < -0.39 is 12.2 Å². The fourth-order valence-electron chi connectivity index (χ4n) is 2.02. The fraction of sp³-hybridized carbons (Fsp3) is 0.692. The molecule has 32 heavy (non-hydrogen) atoms. The van der Waals surface area contributed by atoms with Crippen molar-refractivity contribution in [3.8, 4) is 11.8 Å². The first-order chi connectivity index (χ1) is 15.1. The Hall–Kier alpha value is -1.78. The zero-order valence-electron chi connectivity index (χ0n) is 20.8. The van der Waals surface area contributed by atoms with Crippen molar-refractivity contribution >= 4 is 11.6 Å². The number of hydrogen-bond acceptors (Lipinski definition) is 6. The summed E-state index contributed by atoms with van der Waals surface area (Å²) in [5.41, 5.74) is 1.42. The van der Waals surface area contributed by atoms with Crippen LogP contribution in [-0.4, -0.2) is 57.4 Å². The van der Waals surface area contributed by atoms with Gasteiger partial charge >= 0.3 is 0 Å². The van der Waals surface area contributed by atoms with E-state index in [-0.39, 0.29) is 24.8 Å². The van der Waals surface area contributed by atoms with Gasteiger partial charge in [-0.15, -0.1) is 11.8 Å². The number of allylic oxidation sites excluding steroid dienone is 4. The quantitative estimate of drug-likeness (QED) is 0.180. The third kappa shape index (κ3) is 38.8. The van der Waals surface area contributed by atoms with E-state index in [1.165, 1.54) is 26.3 Å². The van der Waals surface area contributed by atoms with E-state index >= 15 is 0 Å². The number of Topliss-reactive ketones (excluding diaryl/α,β-unsaturated/α-hetero) is 2. The van der Waals surface area contributed by atoms with E-state index in [4.69, 9.17) is 20.4 Å². The monoisotopic (exact) mass is 454 g/mol. The van der Waals surface area contributed by atoms with E-state index in [2.05, 4.69) is 37.0 Å². The Morgan fingerprint density at radius 2 is 1.38 bits per heavy atom. The molecule has 186 valence electrons. The molecule has 0 aliphatic heterocycles. The van der Waals surface area contributed by atoms with Crippen LogP contribution in [0.3, 0.4) is 0 Å². The topological polar surface area (TPSA) is 115 Å². The van der Waals surface area contributed by atoms with Crippen LogP contribution in [0.5, 0.6) is 0 Å². The second-order valence-electron chi connectivity index (χ2n) is 7.72. The van der Waals surface area contributed by atoms with Crippen LogP contribution >= 0.6 is 0 Å². The van der Waals surface area contributed by atoms with Crippen molar-refractivity contribution in [2.75, 3.05) is 13.2 Å². The molecule has 6 heteroatoms. The first kappa shape index (κ1) is 34.8. The van der Waals surface area contributed by atoms with Gasteiger partial charge in [-0.3, -0.25) is 4.79 Å². The van der Waals surface area contributed by atoms with Gasteiger partial charge in [-0.2, -0.15) is 0 Å². The molecule has 0 heterocycles. The van der Waals surface area contributed by atoms with Gasteiger partial charge < -0.3 is 25.2 Å². The van der Waals surface area contributed by atoms with Crippen LogP contribution in [0.15, 0.2) is 23.8 Å². The molecule has 0 aromatic heterocycles. The standard InChI is InChI=1S/C20H30O2.2C3H8O2/c1-4-5-6-10-13-18(2)14-11-8-7-9-12-15-20(22)17-16-19(3)21;2*1-3(5)2-4/h7-8,13H,6,9-12,14-17H2,1-3H3;2*3-5H,2H2,1H3/b8-7+,18-13+;;. The van der Waals surface area contributed by atoms with E-state index in [1.807, 2.05) is 6.92 Å². The molecule has 0 saturated carbocycles. The number of aliphatic hydroxyl groups is 4. The molecule has 0 saturated heterocycles. The highest BCUT2D eigenvalue weighted by Crippen LogP contribution is 2.08. The average molecular weight is 455 g/mol. The Morgan fingerprint density at radius 1 is 0.844 bits per heavy atom. The third-order valence-electron chi connectivity index (χ3n) is 3.92. The number of unbranched alkanes of at least 4 members (excludes halogenated alkanes) is 2. The molecular formula is C26H46O6. The van der Waals surface area contributed by atoms with Crippen LogP contribution in [0.25, 0.3) is 0 Å². The molecule has 0 bridgehead atoms. The third-order valence-corrected chi connectivity index (χ3v) is 3.92. The number of aliphatic hydroxyl groups excluding tert-OH is 4. The van der Waals surface area contributed by atoms with E-state index in [1.54, 1.807) is 0 Å². The number of ketones is 2. The molecule has 4 N–H and O–H groups in total. The second-order valence-corrected chi connectivity index (χ2v) is 7.72. The molecule has 2 unspecified atom stereocenters. The van der Waals surface area contributed by atoms with Gasteiger partial charge in [0.1, 0.15) is 11.6 Å². The molecule has 6 nitrogen and oxygen atoms in total. The molecule has 0 spiro atoms. The maximum atomic E-state index is 11.5. The number of carbonyl (C=O) groups is 2. The summed E-state index contributed by atoms with van der Waals surface area (Å²) in [6.07, 6.45) is 12.9. The van der Waals surface area contributed by atoms with Crippen molar-refractivity contribution in [2.45, 2.75) is 105 Å². The SMILES string of the molecule is CC#CCC/C=C(\C)CC/C=C/CCCC(=O)CCC(C)=O.CC(O)CO.CC(O)CO. The van der Waals surface area contributed by atoms with Crippen LogP contribution in [0.2, 0.25) is 0 Å². The van der Waals surface area contributed by atoms with Crippen molar-refractivity contribution in [1.82, 2.24) is 0 Å². The summed E-state index contributed by atoms with van der Waals surface area (Å²) >= 11 is 0. The molecule has 0 amide bonds. The highest BCUT2D eigenvalue weighted by Gasteiger charge is 2.02. The highest BCUT2D eigenvalue weighted by molar-refractivity contribution is 5.84. The molecule has 0 fully saturated rings. The Morgan fingerprint density at radius 3 is 1.84 bits per heavy atom. The summed E-state index contributed by atoms with van der Waals surface area (Å²) in [7, 11) is 0. The average Bonchev–Trinajstić information content (AvgIpc) is 2.75. The lowest BCUT2D eigenvalue weighted by molar-refractivity contribution is -0.123. The van der Waals surface area contributed by atoms with Crippen LogP contribution in [0.1, 0.15) is 92.4 Å². The Balaban J connectivity index is -0.000000695. The molecular weight excluding hydrogens is 408 g/mol. The zero-order valence-corrected chi connectivity index (χ0v) is 20.8. The normalized spacial score (nSPS) is 12.5. The second kappa shape index (κ2) is 27.3. The molecule has 0 aliphatic rings. The summed E-state index contributed by atoms with van der Waals surface area (Å²) in [5, 5.41) is 32.0. The molecule has 0 aliphatic carbocycles. The van der Waals surface area contributed by atoms with Gasteiger partial charge in [0.2, 0.25) is 0 Å². The first-order valence-electron chi connectivity index (χ1n) is 11.4. The Kier molecular flexibility index (Phi) is 29.7. The maximum Gasteiger partial charge on any atom is 0.133 e. The minimum Gasteiger partial charge on any atom is -0.394 e. The van der Waals surface area contributed by atoms with Crippen molar-refractivity contribution in [1.29, 1.82) is 0 Å². The number of rotatable bonds is 14. The predicted molar refractivity (Wildman–Crippen MR) is 131 cm³/mol. The van der Waals surface area contributed by atoms with Gasteiger partial charge in [0.05, 0.1) is 25.4 Å². The van der Waals surface area contributed by atoms with Crippen LogP contribution < -0.4 is 0 Å². The summed E-state index contributed by atoms with van der Waals surface area (Å²) in [4.78, 5) is 22.3. The fourth-order valence-corrected chi connectivity index (χ4v) is 2.02. The zero-order chi connectivity index (χ0) is 25.2. The molecule has 0 rings (SSSR count). The van der Waals surface area contributed by atoms with Gasteiger partial charge in [-0.1, -0.05) is 23.8 Å². The molecule has 0 aromatic rings. The predicted octanol–water partition coefficient (Wildman–Crippen LogP) is 3.90. The van der Waals surface area contributed by atoms with E-state index in [9.17, 15) is 9.59 Å². The number of hydrogen-bond donors (Lipinski definition) is 4. The molecule has 2 atom stereocenters. The largest absolute Gasteiger partial charge is 0.394 e.